The Hall–Kier alpha value is -2.34. The Bertz CT molecular complexity index is 916. The third-order valence-electron chi connectivity index (χ3n) is 7.04. The molecule has 2 saturated carbocycles. The fourth-order valence-corrected chi connectivity index (χ4v) is 5.26. The van der Waals surface area contributed by atoms with Crippen LogP contribution in [0.5, 0.6) is 5.75 Å². The zero-order valence-corrected chi connectivity index (χ0v) is 16.8. The van der Waals surface area contributed by atoms with Crippen molar-refractivity contribution >= 4 is 22.5 Å². The van der Waals surface area contributed by atoms with E-state index in [1.807, 2.05) is 18.2 Å². The van der Waals surface area contributed by atoms with Crippen molar-refractivity contribution in [3.8, 4) is 5.75 Å². The van der Waals surface area contributed by atoms with E-state index in [0.717, 1.165) is 28.7 Å². The number of benzene rings is 1. The number of carbonyl (C=O) groups excluding carboxylic acids is 2. The molecule has 28 heavy (non-hydrogen) atoms. The summed E-state index contributed by atoms with van der Waals surface area (Å²) in [6.07, 6.45) is 3.92. The second-order valence-electron chi connectivity index (χ2n) is 8.51. The summed E-state index contributed by atoms with van der Waals surface area (Å²) in [5, 5.41) is 8.26. The highest BCUT2D eigenvalue weighted by Crippen LogP contribution is 2.63. The number of amides is 1. The summed E-state index contributed by atoms with van der Waals surface area (Å²) < 4.78 is 11.1. The smallest absolute Gasteiger partial charge is 0.234 e. The van der Waals surface area contributed by atoms with E-state index in [0.29, 0.717) is 38.4 Å². The molecule has 0 spiro atoms. The van der Waals surface area contributed by atoms with Crippen molar-refractivity contribution in [3.63, 3.8) is 0 Å². The number of Topliss-reactive ketones (excluding diaryl/α,β-unsaturated/α-hetero) is 1. The van der Waals surface area contributed by atoms with Crippen LogP contribution in [-0.4, -0.2) is 31.9 Å². The van der Waals surface area contributed by atoms with Gasteiger partial charge in [0.15, 0.2) is 0 Å². The summed E-state index contributed by atoms with van der Waals surface area (Å²) >= 11 is 0. The molecule has 0 aliphatic heterocycles. The van der Waals surface area contributed by atoms with E-state index in [-0.39, 0.29) is 17.1 Å². The molecule has 0 saturated heterocycles. The van der Waals surface area contributed by atoms with Crippen LogP contribution in [0, 0.1) is 16.7 Å². The summed E-state index contributed by atoms with van der Waals surface area (Å²) in [5.74, 6) is 1.95. The normalized spacial score (nSPS) is 25.4. The summed E-state index contributed by atoms with van der Waals surface area (Å²) in [6, 6.07) is 5.83. The Morgan fingerprint density at radius 1 is 1.32 bits per heavy atom. The van der Waals surface area contributed by atoms with Crippen molar-refractivity contribution in [2.24, 2.45) is 16.7 Å². The molecule has 2 bridgehead atoms. The molecule has 2 fully saturated rings. The lowest BCUT2D eigenvalue weighted by molar-refractivity contribution is -0.144. The van der Waals surface area contributed by atoms with Gasteiger partial charge >= 0.3 is 0 Å². The van der Waals surface area contributed by atoms with Crippen molar-refractivity contribution in [3.05, 3.63) is 30.2 Å². The Kier molecular flexibility index (Phi) is 4.70. The molecule has 1 amide bonds. The number of hydrogen-bond donors (Lipinski definition) is 2. The van der Waals surface area contributed by atoms with E-state index in [1.54, 1.807) is 13.4 Å². The molecule has 150 valence electrons. The molecular weight excluding hydrogens is 356 g/mol. The molecule has 1 aromatic carbocycles. The van der Waals surface area contributed by atoms with Gasteiger partial charge in [-0.15, -0.1) is 0 Å². The van der Waals surface area contributed by atoms with Crippen LogP contribution in [0.2, 0.25) is 0 Å². The minimum Gasteiger partial charge on any atom is -0.496 e. The molecule has 2 atom stereocenters. The standard InChI is InChI=1S/C22H28N2O4/c1-21(2)15-7-8-22(21,18(25)11-15)20(26)24-10-9-23-12-17-19-14(13-28-17)5-4-6-16(19)27-3/h4-6,13,15,23H,7-12H2,1-3H3,(H,24,26). The van der Waals surface area contributed by atoms with E-state index in [4.69, 9.17) is 9.15 Å². The molecule has 2 N–H and O–H groups in total. The average molecular weight is 384 g/mol. The lowest BCUT2D eigenvalue weighted by Crippen LogP contribution is -2.50. The Labute approximate surface area is 165 Å². The molecular formula is C22H28N2O4. The van der Waals surface area contributed by atoms with Gasteiger partial charge in [-0.2, -0.15) is 0 Å². The summed E-state index contributed by atoms with van der Waals surface area (Å²) in [6.45, 7) is 5.75. The first kappa shape index (κ1) is 19.0. The largest absolute Gasteiger partial charge is 0.496 e. The summed E-state index contributed by atoms with van der Waals surface area (Å²) in [7, 11) is 1.65. The highest BCUT2D eigenvalue weighted by Gasteiger charge is 2.67. The van der Waals surface area contributed by atoms with E-state index in [1.165, 1.54) is 0 Å². The number of ketones is 1. The van der Waals surface area contributed by atoms with Gasteiger partial charge in [-0.25, -0.2) is 0 Å². The number of hydrogen-bond acceptors (Lipinski definition) is 5. The number of furan rings is 1. The monoisotopic (exact) mass is 384 g/mol. The maximum atomic E-state index is 12.9. The molecule has 2 unspecified atom stereocenters. The van der Waals surface area contributed by atoms with Crippen LogP contribution in [0.15, 0.2) is 28.9 Å². The second kappa shape index (κ2) is 6.92. The number of rotatable bonds is 7. The first-order chi connectivity index (χ1) is 13.4. The van der Waals surface area contributed by atoms with E-state index in [2.05, 4.69) is 24.5 Å². The van der Waals surface area contributed by atoms with Gasteiger partial charge < -0.3 is 19.8 Å². The minimum atomic E-state index is -0.831. The summed E-state index contributed by atoms with van der Waals surface area (Å²) in [5.41, 5.74) is -1.08. The SMILES string of the molecule is COc1cccc2coc(CNCCNC(=O)C34CCC(CC3=O)C4(C)C)c12. The van der Waals surface area contributed by atoms with Crippen molar-refractivity contribution < 1.29 is 18.7 Å². The molecule has 6 nitrogen and oxygen atoms in total. The van der Waals surface area contributed by atoms with E-state index in [9.17, 15) is 9.59 Å². The minimum absolute atomic E-state index is 0.102. The van der Waals surface area contributed by atoms with Crippen LogP contribution in [0.3, 0.4) is 0 Å². The lowest BCUT2D eigenvalue weighted by atomic mass is 9.68. The molecule has 1 heterocycles. The molecule has 2 aromatic rings. The van der Waals surface area contributed by atoms with E-state index >= 15 is 0 Å². The van der Waals surface area contributed by atoms with Crippen molar-refractivity contribution in [2.75, 3.05) is 20.2 Å². The predicted molar refractivity (Wildman–Crippen MR) is 106 cm³/mol. The second-order valence-corrected chi connectivity index (χ2v) is 8.51. The van der Waals surface area contributed by atoms with Gasteiger partial charge in [0, 0.05) is 24.9 Å². The molecule has 1 aromatic heterocycles. The molecule has 2 aliphatic rings. The zero-order chi connectivity index (χ0) is 19.9. The summed E-state index contributed by atoms with van der Waals surface area (Å²) in [4.78, 5) is 25.4. The number of methoxy groups -OCH3 is 1. The van der Waals surface area contributed by atoms with Crippen LogP contribution in [0.1, 0.15) is 38.9 Å². The van der Waals surface area contributed by atoms with Crippen LogP contribution in [0.25, 0.3) is 10.8 Å². The third-order valence-corrected chi connectivity index (χ3v) is 7.04. The van der Waals surface area contributed by atoms with Crippen LogP contribution in [-0.2, 0) is 16.1 Å². The zero-order valence-electron chi connectivity index (χ0n) is 16.8. The Balaban J connectivity index is 1.32. The predicted octanol–water partition coefficient (Wildman–Crippen LogP) is 3.04. The van der Waals surface area contributed by atoms with E-state index < -0.39 is 5.41 Å². The maximum absolute atomic E-state index is 12.9. The van der Waals surface area contributed by atoms with Crippen molar-refractivity contribution in [1.82, 2.24) is 10.6 Å². The van der Waals surface area contributed by atoms with Gasteiger partial charge in [0.25, 0.3) is 0 Å². The topological polar surface area (TPSA) is 80.6 Å². The Morgan fingerprint density at radius 3 is 2.82 bits per heavy atom. The number of carbonyl (C=O) groups is 2. The molecule has 2 aliphatic carbocycles. The fourth-order valence-electron chi connectivity index (χ4n) is 5.26. The van der Waals surface area contributed by atoms with Gasteiger partial charge in [0.05, 0.1) is 25.3 Å². The number of nitrogens with one attached hydrogen (secondary N) is 2. The lowest BCUT2D eigenvalue weighted by Gasteiger charge is -2.34. The van der Waals surface area contributed by atoms with Crippen LogP contribution >= 0.6 is 0 Å². The number of fused-ring (bicyclic) bond motifs is 3. The Morgan fingerprint density at radius 2 is 2.14 bits per heavy atom. The van der Waals surface area contributed by atoms with Gasteiger partial charge in [0.1, 0.15) is 22.7 Å². The highest BCUT2D eigenvalue weighted by atomic mass is 16.5. The van der Waals surface area contributed by atoms with Gasteiger partial charge in [-0.1, -0.05) is 26.0 Å². The van der Waals surface area contributed by atoms with Crippen LogP contribution in [0.4, 0.5) is 0 Å². The van der Waals surface area contributed by atoms with Crippen molar-refractivity contribution in [2.45, 2.75) is 39.7 Å². The quantitative estimate of drug-likeness (QED) is 0.567. The maximum Gasteiger partial charge on any atom is 0.234 e. The van der Waals surface area contributed by atoms with Gasteiger partial charge in [0.2, 0.25) is 5.91 Å². The molecule has 0 radical (unpaired) electrons. The van der Waals surface area contributed by atoms with Crippen LogP contribution < -0.4 is 15.4 Å². The number of ether oxygens (including phenoxy) is 1. The fraction of sp³-hybridized carbons (Fsp3) is 0.545. The van der Waals surface area contributed by atoms with Gasteiger partial charge in [-0.3, -0.25) is 9.59 Å². The molecule has 4 rings (SSSR count). The van der Waals surface area contributed by atoms with Crippen molar-refractivity contribution in [1.29, 1.82) is 0 Å². The third kappa shape index (κ3) is 2.65. The van der Waals surface area contributed by atoms with Gasteiger partial charge in [-0.05, 0) is 30.2 Å². The first-order valence-corrected chi connectivity index (χ1v) is 9.97. The highest BCUT2D eigenvalue weighted by molar-refractivity contribution is 6.09. The molecule has 6 heteroatoms. The average Bonchev–Trinajstić information content (AvgIpc) is 3.27. The first-order valence-electron chi connectivity index (χ1n) is 9.97.